The summed E-state index contributed by atoms with van der Waals surface area (Å²) in [6.07, 6.45) is -26.5. The van der Waals surface area contributed by atoms with Crippen LogP contribution in [0.25, 0.3) is 32.7 Å². The molecule has 0 aliphatic heterocycles. The average Bonchev–Trinajstić information content (AvgIpc) is 1.83. The second-order valence-corrected chi connectivity index (χ2v) is 18.5. The third-order valence-electron chi connectivity index (χ3n) is 13.0. The maximum atomic E-state index is 15.0. The van der Waals surface area contributed by atoms with Gasteiger partial charge in [-0.05, 0) is 68.8 Å². The molecule has 0 aliphatic rings. The summed E-state index contributed by atoms with van der Waals surface area (Å²) < 4.78 is 374. The Balaban J connectivity index is 1.46. The number of ether oxygens (including phenoxy) is 2. The standard InChI is InChI=1S/C52H36F26O4/c53-41(54,43(57,58)45(61,62)47(65,66)49(69,70)51(73,74)75)21-19-27-11-15-33-31(23-27)13-17-37(81-25-35(79)29-7-3-1-4-8-29)39(33)40-34-16-12-28(24-32(34)14-18-38(40)82-26-36(80)30-9-5-2-6-10-30)20-22-42(55,56)44(59,60)46(63,64)48(67,68)50(71,72)52(76,77)78/h1-18,23-24,35-36,79-80H,19-22,25-26H2/t35-,36-/m1/s1. The molecule has 0 saturated carbocycles. The monoisotopic (exact) mass is 1220 g/mol. The van der Waals surface area contributed by atoms with Crippen molar-refractivity contribution in [2.24, 2.45) is 0 Å². The number of fused-ring (bicyclic) bond motifs is 2. The lowest BCUT2D eigenvalue weighted by atomic mass is 9.88. The van der Waals surface area contributed by atoms with Crippen molar-refractivity contribution >= 4 is 21.5 Å². The van der Waals surface area contributed by atoms with Crippen molar-refractivity contribution in [3.63, 3.8) is 0 Å². The molecule has 0 saturated heterocycles. The molecule has 2 N–H and O–H groups in total. The number of aryl methyl sites for hydroxylation is 2. The molecule has 0 aliphatic carbocycles. The molecule has 6 rings (SSSR count). The largest absolute Gasteiger partial charge is 0.490 e. The Morgan fingerprint density at radius 1 is 0.329 bits per heavy atom. The van der Waals surface area contributed by atoms with E-state index in [0.29, 0.717) is 0 Å². The van der Waals surface area contributed by atoms with Crippen LogP contribution in [0.15, 0.2) is 121 Å². The van der Waals surface area contributed by atoms with Gasteiger partial charge in [0.15, 0.2) is 0 Å². The van der Waals surface area contributed by atoms with E-state index in [1.54, 1.807) is 12.1 Å². The third-order valence-corrected chi connectivity index (χ3v) is 13.0. The zero-order valence-electron chi connectivity index (χ0n) is 40.5. The van der Waals surface area contributed by atoms with Gasteiger partial charge >= 0.3 is 71.6 Å². The van der Waals surface area contributed by atoms with E-state index in [2.05, 4.69) is 0 Å². The van der Waals surface area contributed by atoms with E-state index in [4.69, 9.17) is 9.47 Å². The molecule has 0 heterocycles. The highest BCUT2D eigenvalue weighted by Gasteiger charge is 2.92. The fourth-order valence-electron chi connectivity index (χ4n) is 8.19. The fraction of sp³-hybridized carbons (Fsp3) is 0.385. The summed E-state index contributed by atoms with van der Waals surface area (Å²) in [7, 11) is 0. The molecule has 82 heavy (non-hydrogen) atoms. The van der Waals surface area contributed by atoms with E-state index >= 15 is 0 Å². The highest BCUT2D eigenvalue weighted by atomic mass is 19.4. The normalized spacial score (nSPS) is 15.0. The minimum atomic E-state index is -8.15. The van der Waals surface area contributed by atoms with E-state index in [1.165, 1.54) is 48.5 Å². The van der Waals surface area contributed by atoms with Crippen molar-refractivity contribution in [3.8, 4) is 22.6 Å². The van der Waals surface area contributed by atoms with Gasteiger partial charge in [0.2, 0.25) is 0 Å². The van der Waals surface area contributed by atoms with Crippen molar-refractivity contribution in [1.29, 1.82) is 0 Å². The Labute approximate surface area is 443 Å². The molecule has 0 amide bonds. The first-order valence-electron chi connectivity index (χ1n) is 23.1. The second-order valence-electron chi connectivity index (χ2n) is 18.5. The van der Waals surface area contributed by atoms with Crippen molar-refractivity contribution in [3.05, 3.63) is 144 Å². The Morgan fingerprint density at radius 3 is 0.915 bits per heavy atom. The molecule has 0 spiro atoms. The van der Waals surface area contributed by atoms with Crippen LogP contribution in [0.4, 0.5) is 114 Å². The average molecular weight is 1220 g/mol. The Hall–Kier alpha value is -6.46. The second kappa shape index (κ2) is 21.9. The maximum absolute atomic E-state index is 15.0. The van der Waals surface area contributed by atoms with Gasteiger partial charge in [0.05, 0.1) is 0 Å². The summed E-state index contributed by atoms with van der Waals surface area (Å²) in [5.74, 6) is -77.1. The van der Waals surface area contributed by atoms with Gasteiger partial charge in [0, 0.05) is 24.0 Å². The van der Waals surface area contributed by atoms with E-state index in [1.807, 2.05) is 0 Å². The molecule has 2 atom stereocenters. The first-order chi connectivity index (χ1) is 37.3. The predicted octanol–water partition coefficient (Wildman–Crippen LogP) is 17.2. The smallest absolute Gasteiger partial charge is 0.460 e. The lowest BCUT2D eigenvalue weighted by molar-refractivity contribution is -0.440. The van der Waals surface area contributed by atoms with Gasteiger partial charge in [-0.3, -0.25) is 0 Å². The van der Waals surface area contributed by atoms with Crippen LogP contribution < -0.4 is 9.47 Å². The van der Waals surface area contributed by atoms with Crippen LogP contribution in [-0.4, -0.2) is 95.0 Å². The van der Waals surface area contributed by atoms with Crippen LogP contribution in [0.2, 0.25) is 0 Å². The molecule has 0 fully saturated rings. The molecular weight excluding hydrogens is 1180 g/mol. The van der Waals surface area contributed by atoms with Gasteiger partial charge in [0.25, 0.3) is 0 Å². The molecule has 30 heteroatoms. The number of aliphatic hydroxyl groups excluding tert-OH is 2. The Kier molecular flexibility index (Phi) is 17.3. The first kappa shape index (κ1) is 64.7. The minimum Gasteiger partial charge on any atom is -0.490 e. The maximum Gasteiger partial charge on any atom is 0.460 e. The lowest BCUT2D eigenvalue weighted by Crippen LogP contribution is -2.70. The molecule has 0 bridgehead atoms. The van der Waals surface area contributed by atoms with Gasteiger partial charge in [-0.1, -0.05) is 109 Å². The van der Waals surface area contributed by atoms with Gasteiger partial charge in [-0.2, -0.15) is 114 Å². The van der Waals surface area contributed by atoms with Gasteiger partial charge in [-0.25, -0.2) is 0 Å². The number of alkyl halides is 26. The van der Waals surface area contributed by atoms with E-state index in [-0.39, 0.29) is 55.3 Å². The molecular formula is C52H36F26O4. The SMILES string of the molecule is O[C@H](COc1ccc2cc(CCC(F)(F)C(F)(F)C(F)(F)C(F)(F)C(F)(F)C(F)(F)F)ccc2c1-c1c(OC[C@@H](O)c2ccccc2)ccc2cc(CCC(F)(F)C(F)(F)C(F)(F)C(F)(F)C(F)(F)C(F)(F)F)ccc12)c1ccccc1. The van der Waals surface area contributed by atoms with Gasteiger partial charge < -0.3 is 19.7 Å². The quantitative estimate of drug-likeness (QED) is 0.0628. The van der Waals surface area contributed by atoms with Crippen molar-refractivity contribution < 1.29 is 134 Å². The van der Waals surface area contributed by atoms with Crippen LogP contribution in [-0.2, 0) is 12.8 Å². The number of hydrogen-bond donors (Lipinski definition) is 2. The van der Waals surface area contributed by atoms with Crippen molar-refractivity contribution in [2.75, 3.05) is 13.2 Å². The lowest BCUT2D eigenvalue weighted by Gasteiger charge is -2.39. The van der Waals surface area contributed by atoms with E-state index < -0.39 is 134 Å². The summed E-state index contributed by atoms with van der Waals surface area (Å²) in [5, 5.41) is 21.4. The topological polar surface area (TPSA) is 58.9 Å². The van der Waals surface area contributed by atoms with Crippen LogP contribution in [0, 0.1) is 0 Å². The molecule has 0 aromatic heterocycles. The Bertz CT molecular complexity index is 2980. The molecule has 450 valence electrons. The summed E-state index contributed by atoms with van der Waals surface area (Å²) in [6.45, 7) is -1.28. The summed E-state index contributed by atoms with van der Waals surface area (Å²) in [4.78, 5) is 0. The zero-order valence-corrected chi connectivity index (χ0v) is 40.5. The van der Waals surface area contributed by atoms with Crippen LogP contribution in [0.1, 0.15) is 47.3 Å². The van der Waals surface area contributed by atoms with Crippen LogP contribution in [0.5, 0.6) is 11.5 Å². The van der Waals surface area contributed by atoms with Crippen molar-refractivity contribution in [2.45, 2.75) is 109 Å². The Morgan fingerprint density at radius 2 is 0.622 bits per heavy atom. The fourth-order valence-corrected chi connectivity index (χ4v) is 8.19. The van der Waals surface area contributed by atoms with Crippen molar-refractivity contribution in [1.82, 2.24) is 0 Å². The molecule has 6 aromatic rings. The zero-order chi connectivity index (χ0) is 61.9. The molecule has 0 radical (unpaired) electrons. The summed E-state index contributed by atoms with van der Waals surface area (Å²) >= 11 is 0. The summed E-state index contributed by atoms with van der Waals surface area (Å²) in [6, 6.07) is 24.7. The van der Waals surface area contributed by atoms with E-state index in [9.17, 15) is 124 Å². The highest BCUT2D eigenvalue weighted by molar-refractivity contribution is 6.10. The number of rotatable bonds is 23. The third kappa shape index (κ3) is 11.2. The molecule has 4 nitrogen and oxygen atoms in total. The number of aliphatic hydroxyl groups is 2. The molecule has 6 aromatic carbocycles. The number of halogens is 26. The van der Waals surface area contributed by atoms with Crippen LogP contribution in [0.3, 0.4) is 0 Å². The number of benzene rings is 6. The van der Waals surface area contributed by atoms with Crippen LogP contribution >= 0.6 is 0 Å². The first-order valence-corrected chi connectivity index (χ1v) is 23.1. The predicted molar refractivity (Wildman–Crippen MR) is 239 cm³/mol. The summed E-state index contributed by atoms with van der Waals surface area (Å²) in [5.41, 5.74) is -1.07. The van der Waals surface area contributed by atoms with Gasteiger partial charge in [-0.15, -0.1) is 0 Å². The minimum absolute atomic E-state index is 0.145. The van der Waals surface area contributed by atoms with Gasteiger partial charge in [0.1, 0.15) is 36.9 Å². The number of hydrogen-bond acceptors (Lipinski definition) is 4. The molecule has 0 unspecified atom stereocenters. The van der Waals surface area contributed by atoms with E-state index in [0.717, 1.165) is 60.7 Å². The highest BCUT2D eigenvalue weighted by Crippen LogP contribution is 2.63.